The molecule has 1 atom stereocenters. The zero-order valence-corrected chi connectivity index (χ0v) is 15.2. The summed E-state index contributed by atoms with van der Waals surface area (Å²) in [6, 6.07) is 12.3. The highest BCUT2D eigenvalue weighted by atomic mass is 16.5. The van der Waals surface area contributed by atoms with E-state index >= 15 is 0 Å². The highest BCUT2D eigenvalue weighted by Crippen LogP contribution is 2.27. The summed E-state index contributed by atoms with van der Waals surface area (Å²) in [7, 11) is 2.95. The molecule has 0 aliphatic rings. The average Bonchev–Trinajstić information content (AvgIpc) is 2.71. The van der Waals surface area contributed by atoms with Gasteiger partial charge in [0.15, 0.2) is 11.5 Å². The van der Waals surface area contributed by atoms with Gasteiger partial charge in [0.1, 0.15) is 6.04 Å². The summed E-state index contributed by atoms with van der Waals surface area (Å²) >= 11 is 0. The maximum Gasteiger partial charge on any atom is 0.269 e. The first kappa shape index (κ1) is 19.8. The molecule has 0 bridgehead atoms. The second-order valence-electron chi connectivity index (χ2n) is 5.57. The van der Waals surface area contributed by atoms with Crippen LogP contribution in [0.2, 0.25) is 0 Å². The van der Waals surface area contributed by atoms with Gasteiger partial charge >= 0.3 is 0 Å². The molecular formula is C19H21N3O5. The number of benzene rings is 2. The largest absolute Gasteiger partial charge is 0.493 e. The number of carbonyl (C=O) groups is 3. The van der Waals surface area contributed by atoms with E-state index in [1.807, 2.05) is 0 Å². The molecule has 8 nitrogen and oxygen atoms in total. The molecule has 2 aromatic carbocycles. The standard InChI is InChI=1S/C19H21N3O5/c1-12(20-18(24)13-7-5-4-6-8-13)17(23)21-22-19(25)14-9-10-15(26-2)16(11-14)27-3/h4-12H,1-3H3,(H,20,24)(H,21,23)(H,22,25)/t12-/m0/s1. The average molecular weight is 371 g/mol. The first-order chi connectivity index (χ1) is 13.0. The Morgan fingerprint density at radius 1 is 0.815 bits per heavy atom. The molecule has 8 heteroatoms. The topological polar surface area (TPSA) is 106 Å². The maximum absolute atomic E-state index is 12.2. The van der Waals surface area contributed by atoms with E-state index in [2.05, 4.69) is 16.2 Å². The van der Waals surface area contributed by atoms with E-state index in [1.54, 1.807) is 36.4 Å². The number of rotatable bonds is 6. The second-order valence-corrected chi connectivity index (χ2v) is 5.57. The molecule has 0 radical (unpaired) electrons. The molecule has 0 aliphatic heterocycles. The number of hydrogen-bond acceptors (Lipinski definition) is 5. The minimum absolute atomic E-state index is 0.272. The normalized spacial score (nSPS) is 11.1. The van der Waals surface area contributed by atoms with Gasteiger partial charge in [0.05, 0.1) is 14.2 Å². The van der Waals surface area contributed by atoms with Crippen molar-refractivity contribution in [3.8, 4) is 11.5 Å². The van der Waals surface area contributed by atoms with E-state index in [0.29, 0.717) is 17.1 Å². The number of carbonyl (C=O) groups excluding carboxylic acids is 3. The molecule has 2 aromatic rings. The smallest absolute Gasteiger partial charge is 0.269 e. The van der Waals surface area contributed by atoms with Crippen LogP contribution in [0.25, 0.3) is 0 Å². The van der Waals surface area contributed by atoms with E-state index in [9.17, 15) is 14.4 Å². The predicted molar refractivity (Wildman–Crippen MR) is 98.5 cm³/mol. The molecule has 0 saturated carbocycles. The summed E-state index contributed by atoms with van der Waals surface area (Å²) in [6.07, 6.45) is 0. The molecule has 0 unspecified atom stereocenters. The molecule has 0 aromatic heterocycles. The molecule has 142 valence electrons. The van der Waals surface area contributed by atoms with Crippen molar-refractivity contribution in [2.24, 2.45) is 0 Å². The molecule has 0 spiro atoms. The number of methoxy groups -OCH3 is 2. The fraction of sp³-hybridized carbons (Fsp3) is 0.211. The summed E-state index contributed by atoms with van der Waals surface area (Å²) in [4.78, 5) is 36.3. The van der Waals surface area contributed by atoms with Crippen molar-refractivity contribution < 1.29 is 23.9 Å². The number of hydrogen-bond donors (Lipinski definition) is 3. The van der Waals surface area contributed by atoms with Gasteiger partial charge in [-0.05, 0) is 37.3 Å². The summed E-state index contributed by atoms with van der Waals surface area (Å²) < 4.78 is 10.2. The summed E-state index contributed by atoms with van der Waals surface area (Å²) in [5, 5.41) is 2.55. The first-order valence-corrected chi connectivity index (χ1v) is 8.14. The van der Waals surface area contributed by atoms with Crippen molar-refractivity contribution >= 4 is 17.7 Å². The highest BCUT2D eigenvalue weighted by Gasteiger charge is 2.18. The number of ether oxygens (including phenoxy) is 2. The Balaban J connectivity index is 1.90. The fourth-order valence-corrected chi connectivity index (χ4v) is 2.21. The van der Waals surface area contributed by atoms with Crippen LogP contribution in [0.1, 0.15) is 27.6 Å². The Kier molecular flexibility index (Phi) is 6.76. The van der Waals surface area contributed by atoms with Gasteiger partial charge in [-0.1, -0.05) is 18.2 Å². The third kappa shape index (κ3) is 5.21. The summed E-state index contributed by atoms with van der Waals surface area (Å²) in [5.41, 5.74) is 5.28. The Morgan fingerprint density at radius 3 is 2.11 bits per heavy atom. The molecule has 0 fully saturated rings. The molecule has 2 rings (SSSR count). The molecule has 0 heterocycles. The van der Waals surface area contributed by atoms with Crippen molar-refractivity contribution in [3.63, 3.8) is 0 Å². The van der Waals surface area contributed by atoms with Crippen molar-refractivity contribution in [2.75, 3.05) is 14.2 Å². The maximum atomic E-state index is 12.2. The van der Waals surface area contributed by atoms with Crippen LogP contribution in [-0.4, -0.2) is 38.0 Å². The van der Waals surface area contributed by atoms with Crippen LogP contribution in [0.4, 0.5) is 0 Å². The van der Waals surface area contributed by atoms with E-state index < -0.39 is 17.9 Å². The Bertz CT molecular complexity index is 823. The lowest BCUT2D eigenvalue weighted by atomic mass is 10.2. The lowest BCUT2D eigenvalue weighted by Crippen LogP contribution is -2.51. The van der Waals surface area contributed by atoms with Crippen LogP contribution in [0.3, 0.4) is 0 Å². The van der Waals surface area contributed by atoms with Gasteiger partial charge < -0.3 is 14.8 Å². The number of hydrazine groups is 1. The minimum atomic E-state index is -0.844. The third-order valence-corrected chi connectivity index (χ3v) is 3.72. The third-order valence-electron chi connectivity index (χ3n) is 3.72. The van der Waals surface area contributed by atoms with Crippen molar-refractivity contribution in [1.29, 1.82) is 0 Å². The fourth-order valence-electron chi connectivity index (χ4n) is 2.21. The zero-order chi connectivity index (χ0) is 19.8. The van der Waals surface area contributed by atoms with Crippen LogP contribution in [0.5, 0.6) is 11.5 Å². The van der Waals surface area contributed by atoms with Gasteiger partial charge in [-0.3, -0.25) is 25.2 Å². The van der Waals surface area contributed by atoms with Crippen LogP contribution in [-0.2, 0) is 4.79 Å². The molecule has 27 heavy (non-hydrogen) atoms. The van der Waals surface area contributed by atoms with Gasteiger partial charge in [0.25, 0.3) is 17.7 Å². The molecule has 3 N–H and O–H groups in total. The number of amides is 3. The van der Waals surface area contributed by atoms with Crippen molar-refractivity contribution in [3.05, 3.63) is 59.7 Å². The van der Waals surface area contributed by atoms with Crippen LogP contribution in [0.15, 0.2) is 48.5 Å². The van der Waals surface area contributed by atoms with Gasteiger partial charge in [-0.2, -0.15) is 0 Å². The molecule has 0 saturated heterocycles. The van der Waals surface area contributed by atoms with Gasteiger partial charge in [-0.25, -0.2) is 0 Å². The lowest BCUT2D eigenvalue weighted by Gasteiger charge is -2.15. The highest BCUT2D eigenvalue weighted by molar-refractivity contribution is 5.99. The minimum Gasteiger partial charge on any atom is -0.493 e. The van der Waals surface area contributed by atoms with E-state index in [4.69, 9.17) is 9.47 Å². The number of nitrogens with one attached hydrogen (secondary N) is 3. The predicted octanol–water partition coefficient (Wildman–Crippen LogP) is 1.28. The van der Waals surface area contributed by atoms with Crippen molar-refractivity contribution in [1.82, 2.24) is 16.2 Å². The van der Waals surface area contributed by atoms with Crippen LogP contribution in [0, 0.1) is 0 Å². The summed E-state index contributed by atoms with van der Waals surface area (Å²) in [5.74, 6) is -0.612. The molecular weight excluding hydrogens is 350 g/mol. The molecule has 0 aliphatic carbocycles. The van der Waals surface area contributed by atoms with Crippen LogP contribution < -0.4 is 25.6 Å². The first-order valence-electron chi connectivity index (χ1n) is 8.14. The SMILES string of the molecule is COc1ccc(C(=O)NNC(=O)[C@H](C)NC(=O)c2ccccc2)cc1OC. The van der Waals surface area contributed by atoms with Crippen LogP contribution >= 0.6 is 0 Å². The van der Waals surface area contributed by atoms with E-state index in [0.717, 1.165) is 0 Å². The van der Waals surface area contributed by atoms with Gasteiger partial charge in [0, 0.05) is 11.1 Å². The Morgan fingerprint density at radius 2 is 1.48 bits per heavy atom. The summed E-state index contributed by atoms with van der Waals surface area (Å²) in [6.45, 7) is 1.51. The van der Waals surface area contributed by atoms with Gasteiger partial charge in [0.2, 0.25) is 0 Å². The van der Waals surface area contributed by atoms with E-state index in [-0.39, 0.29) is 11.5 Å². The Hall–Kier alpha value is -3.55. The van der Waals surface area contributed by atoms with E-state index in [1.165, 1.54) is 33.3 Å². The van der Waals surface area contributed by atoms with Gasteiger partial charge in [-0.15, -0.1) is 0 Å². The quantitative estimate of drug-likeness (QED) is 0.664. The lowest BCUT2D eigenvalue weighted by molar-refractivity contribution is -0.123. The zero-order valence-electron chi connectivity index (χ0n) is 15.2. The Labute approximate surface area is 156 Å². The second kappa shape index (κ2) is 9.23. The molecule has 3 amide bonds. The van der Waals surface area contributed by atoms with Crippen molar-refractivity contribution in [2.45, 2.75) is 13.0 Å². The monoisotopic (exact) mass is 371 g/mol.